The van der Waals surface area contributed by atoms with E-state index in [2.05, 4.69) is 20.9 Å². The Labute approximate surface area is 105 Å². The van der Waals surface area contributed by atoms with Crippen molar-refractivity contribution in [1.82, 2.24) is 4.98 Å². The van der Waals surface area contributed by atoms with Crippen molar-refractivity contribution in [2.45, 2.75) is 13.5 Å². The van der Waals surface area contributed by atoms with Crippen LogP contribution in [0.1, 0.15) is 10.7 Å². The van der Waals surface area contributed by atoms with E-state index in [0.29, 0.717) is 16.8 Å². The highest BCUT2D eigenvalue weighted by atomic mass is 79.9. The highest BCUT2D eigenvalue weighted by Crippen LogP contribution is 2.21. The number of ether oxygens (including phenoxy) is 1. The molecule has 16 heavy (non-hydrogen) atoms. The standard InChI is InChI=1S/C11H9BrFNOS/c1-7-14-8(6-16-7)5-15-9-2-3-10(12)11(13)4-9/h2-4,6H,5H2,1H3. The van der Waals surface area contributed by atoms with Crippen molar-refractivity contribution in [3.63, 3.8) is 0 Å². The van der Waals surface area contributed by atoms with Gasteiger partial charge in [0.05, 0.1) is 15.2 Å². The minimum Gasteiger partial charge on any atom is -0.487 e. The summed E-state index contributed by atoms with van der Waals surface area (Å²) >= 11 is 4.66. The molecule has 1 aromatic carbocycles. The molecule has 0 atom stereocenters. The van der Waals surface area contributed by atoms with Crippen LogP contribution in [-0.4, -0.2) is 4.98 Å². The average molecular weight is 302 g/mol. The molecule has 0 aliphatic heterocycles. The van der Waals surface area contributed by atoms with E-state index < -0.39 is 0 Å². The first-order chi connectivity index (χ1) is 7.65. The van der Waals surface area contributed by atoms with Gasteiger partial charge in [-0.1, -0.05) is 0 Å². The summed E-state index contributed by atoms with van der Waals surface area (Å²) in [4.78, 5) is 4.26. The summed E-state index contributed by atoms with van der Waals surface area (Å²) in [6, 6.07) is 4.69. The van der Waals surface area contributed by atoms with Gasteiger partial charge in [0.25, 0.3) is 0 Å². The zero-order valence-electron chi connectivity index (χ0n) is 8.54. The van der Waals surface area contributed by atoms with Crippen LogP contribution in [0.4, 0.5) is 4.39 Å². The Balaban J connectivity index is 2.02. The van der Waals surface area contributed by atoms with E-state index in [4.69, 9.17) is 4.74 Å². The maximum absolute atomic E-state index is 13.2. The quantitative estimate of drug-likeness (QED) is 0.857. The van der Waals surface area contributed by atoms with E-state index >= 15 is 0 Å². The van der Waals surface area contributed by atoms with Gasteiger partial charge >= 0.3 is 0 Å². The number of aryl methyl sites for hydroxylation is 1. The molecule has 0 fully saturated rings. The van der Waals surface area contributed by atoms with Gasteiger partial charge in [-0.3, -0.25) is 0 Å². The Morgan fingerprint density at radius 2 is 2.31 bits per heavy atom. The van der Waals surface area contributed by atoms with E-state index in [1.54, 1.807) is 23.5 Å². The van der Waals surface area contributed by atoms with Crippen LogP contribution in [0.25, 0.3) is 0 Å². The van der Waals surface area contributed by atoms with Crippen LogP contribution in [0.2, 0.25) is 0 Å². The number of hydrogen-bond acceptors (Lipinski definition) is 3. The van der Waals surface area contributed by atoms with Crippen molar-refractivity contribution in [2.24, 2.45) is 0 Å². The van der Waals surface area contributed by atoms with Crippen LogP contribution in [-0.2, 0) is 6.61 Å². The fourth-order valence-corrected chi connectivity index (χ4v) is 2.04. The monoisotopic (exact) mass is 301 g/mol. The molecule has 0 unspecified atom stereocenters. The highest BCUT2D eigenvalue weighted by Gasteiger charge is 2.03. The Hall–Kier alpha value is -0.940. The molecule has 0 saturated carbocycles. The minimum atomic E-state index is -0.327. The lowest BCUT2D eigenvalue weighted by Crippen LogP contribution is -1.96. The number of hydrogen-bond donors (Lipinski definition) is 0. The van der Waals surface area contributed by atoms with Gasteiger partial charge in [0, 0.05) is 11.4 Å². The molecule has 0 spiro atoms. The first-order valence-corrected chi connectivity index (χ1v) is 6.31. The van der Waals surface area contributed by atoms with Gasteiger partial charge in [0.15, 0.2) is 0 Å². The van der Waals surface area contributed by atoms with E-state index in [1.165, 1.54) is 6.07 Å². The Morgan fingerprint density at radius 3 is 2.94 bits per heavy atom. The molecule has 2 aromatic rings. The predicted molar refractivity (Wildman–Crippen MR) is 65.3 cm³/mol. The molecule has 0 aliphatic rings. The Bertz CT molecular complexity index is 500. The molecule has 1 aromatic heterocycles. The molecule has 5 heteroatoms. The third-order valence-corrected chi connectivity index (χ3v) is 3.41. The summed E-state index contributed by atoms with van der Waals surface area (Å²) in [6.45, 7) is 2.30. The van der Waals surface area contributed by atoms with Gasteiger partial charge in [0.2, 0.25) is 0 Å². The maximum Gasteiger partial charge on any atom is 0.141 e. The van der Waals surface area contributed by atoms with Crippen molar-refractivity contribution in [1.29, 1.82) is 0 Å². The zero-order valence-corrected chi connectivity index (χ0v) is 10.9. The van der Waals surface area contributed by atoms with Crippen LogP contribution in [0.15, 0.2) is 28.1 Å². The summed E-state index contributed by atoms with van der Waals surface area (Å²) < 4.78 is 19.0. The number of thiazole rings is 1. The van der Waals surface area contributed by atoms with Crippen LogP contribution in [0.5, 0.6) is 5.75 Å². The third-order valence-electron chi connectivity index (χ3n) is 1.94. The Morgan fingerprint density at radius 1 is 1.50 bits per heavy atom. The van der Waals surface area contributed by atoms with Gasteiger partial charge in [-0.2, -0.15) is 0 Å². The highest BCUT2D eigenvalue weighted by molar-refractivity contribution is 9.10. The molecule has 0 bridgehead atoms. The lowest BCUT2D eigenvalue weighted by molar-refractivity contribution is 0.300. The molecule has 0 aliphatic carbocycles. The first-order valence-electron chi connectivity index (χ1n) is 4.64. The predicted octanol–water partition coefficient (Wildman–Crippen LogP) is 3.93. The second-order valence-corrected chi connectivity index (χ2v) is 5.14. The van der Waals surface area contributed by atoms with E-state index in [9.17, 15) is 4.39 Å². The van der Waals surface area contributed by atoms with E-state index in [0.717, 1.165) is 10.7 Å². The molecular weight excluding hydrogens is 293 g/mol. The van der Waals surface area contributed by atoms with Gasteiger partial charge < -0.3 is 4.74 Å². The molecule has 2 rings (SSSR count). The van der Waals surface area contributed by atoms with Gasteiger partial charge in [-0.25, -0.2) is 9.37 Å². The Kier molecular flexibility index (Phi) is 3.56. The number of rotatable bonds is 3. The molecule has 84 valence electrons. The van der Waals surface area contributed by atoms with Crippen LogP contribution >= 0.6 is 27.3 Å². The largest absolute Gasteiger partial charge is 0.487 e. The van der Waals surface area contributed by atoms with Gasteiger partial charge in [0.1, 0.15) is 18.2 Å². The average Bonchev–Trinajstić information content (AvgIpc) is 2.66. The second-order valence-electron chi connectivity index (χ2n) is 3.22. The molecule has 1 heterocycles. The molecule has 0 radical (unpaired) electrons. The number of aromatic nitrogens is 1. The van der Waals surface area contributed by atoms with Gasteiger partial charge in [-0.15, -0.1) is 11.3 Å². The maximum atomic E-state index is 13.2. The van der Waals surface area contributed by atoms with Crippen LogP contribution in [0.3, 0.4) is 0 Å². The summed E-state index contributed by atoms with van der Waals surface area (Å²) in [5.74, 6) is 0.179. The fourth-order valence-electron chi connectivity index (χ4n) is 1.20. The summed E-state index contributed by atoms with van der Waals surface area (Å²) in [6.07, 6.45) is 0. The van der Waals surface area contributed by atoms with Crippen LogP contribution < -0.4 is 4.74 Å². The number of nitrogens with zero attached hydrogens (tertiary/aromatic N) is 1. The molecule has 0 N–H and O–H groups in total. The van der Waals surface area contributed by atoms with Crippen molar-refractivity contribution in [2.75, 3.05) is 0 Å². The lowest BCUT2D eigenvalue weighted by Gasteiger charge is -2.04. The van der Waals surface area contributed by atoms with Gasteiger partial charge in [-0.05, 0) is 35.0 Å². The first kappa shape index (κ1) is 11.5. The lowest BCUT2D eigenvalue weighted by atomic mass is 10.3. The summed E-state index contributed by atoms with van der Waals surface area (Å²) in [5.41, 5.74) is 0.867. The number of halogens is 2. The topological polar surface area (TPSA) is 22.1 Å². The zero-order chi connectivity index (χ0) is 11.5. The summed E-state index contributed by atoms with van der Waals surface area (Å²) in [7, 11) is 0. The van der Waals surface area contributed by atoms with Crippen LogP contribution in [0, 0.1) is 12.7 Å². The molecule has 0 amide bonds. The molecule has 0 saturated heterocycles. The number of benzene rings is 1. The third kappa shape index (κ3) is 2.80. The van der Waals surface area contributed by atoms with E-state index in [-0.39, 0.29) is 5.82 Å². The summed E-state index contributed by atoms with van der Waals surface area (Å²) in [5, 5.41) is 2.94. The SMILES string of the molecule is Cc1nc(COc2ccc(Br)c(F)c2)cs1. The van der Waals surface area contributed by atoms with Crippen molar-refractivity contribution in [3.8, 4) is 5.75 Å². The van der Waals surface area contributed by atoms with E-state index in [1.807, 2.05) is 12.3 Å². The normalized spacial score (nSPS) is 10.4. The smallest absolute Gasteiger partial charge is 0.141 e. The molecule has 2 nitrogen and oxygen atoms in total. The van der Waals surface area contributed by atoms with Crippen molar-refractivity contribution >= 4 is 27.3 Å². The minimum absolute atomic E-state index is 0.327. The molecular formula is C11H9BrFNOS. The fraction of sp³-hybridized carbons (Fsp3) is 0.182. The van der Waals surface area contributed by atoms with Crippen molar-refractivity contribution < 1.29 is 9.13 Å². The second kappa shape index (κ2) is 4.93. The van der Waals surface area contributed by atoms with Crippen molar-refractivity contribution in [3.05, 3.63) is 44.6 Å².